The molecule has 20 heavy (non-hydrogen) atoms. The molecule has 0 saturated carbocycles. The highest BCUT2D eigenvalue weighted by molar-refractivity contribution is 5.81. The Kier molecular flexibility index (Phi) is 6.46. The minimum Gasteiger partial charge on any atom is -0.392 e. The van der Waals surface area contributed by atoms with Gasteiger partial charge in [-0.15, -0.1) is 0 Å². The molecule has 0 radical (unpaired) electrons. The molecule has 1 rings (SSSR count). The molecule has 1 aliphatic heterocycles. The summed E-state index contributed by atoms with van der Waals surface area (Å²) in [6.07, 6.45) is 2.87. The van der Waals surface area contributed by atoms with Crippen molar-refractivity contribution in [2.45, 2.75) is 66.0 Å². The van der Waals surface area contributed by atoms with Crippen LogP contribution < -0.4 is 5.32 Å². The number of likely N-dealkylation sites (N-methyl/N-ethyl adjacent to an activating group) is 1. The maximum Gasteiger partial charge on any atom is 0.237 e. The fourth-order valence-electron chi connectivity index (χ4n) is 3.11. The molecule has 118 valence electrons. The van der Waals surface area contributed by atoms with Gasteiger partial charge in [-0.3, -0.25) is 9.69 Å². The van der Waals surface area contributed by atoms with Gasteiger partial charge < -0.3 is 10.4 Å². The summed E-state index contributed by atoms with van der Waals surface area (Å²) in [5.74, 6) is 0.319. The Morgan fingerprint density at radius 2 is 2.05 bits per heavy atom. The zero-order valence-corrected chi connectivity index (χ0v) is 13.8. The normalized spacial score (nSPS) is 22.9. The smallest absolute Gasteiger partial charge is 0.237 e. The zero-order chi connectivity index (χ0) is 15.3. The predicted molar refractivity (Wildman–Crippen MR) is 82.5 cm³/mol. The molecule has 4 nitrogen and oxygen atoms in total. The van der Waals surface area contributed by atoms with Gasteiger partial charge in [0, 0.05) is 12.0 Å². The van der Waals surface area contributed by atoms with Crippen molar-refractivity contribution in [3.05, 3.63) is 0 Å². The average Bonchev–Trinajstić information content (AvgIpc) is 2.43. The van der Waals surface area contributed by atoms with Gasteiger partial charge in [-0.25, -0.2) is 0 Å². The second-order valence-corrected chi connectivity index (χ2v) is 7.04. The van der Waals surface area contributed by atoms with E-state index in [2.05, 4.69) is 17.1 Å². The van der Waals surface area contributed by atoms with Crippen LogP contribution in [0.15, 0.2) is 0 Å². The number of amides is 1. The Labute approximate surface area is 123 Å². The topological polar surface area (TPSA) is 52.6 Å². The van der Waals surface area contributed by atoms with Gasteiger partial charge in [-0.05, 0) is 31.8 Å². The maximum atomic E-state index is 12.4. The number of rotatable bonds is 6. The number of aliphatic hydroxyl groups is 1. The number of hydrogen-bond acceptors (Lipinski definition) is 3. The van der Waals surface area contributed by atoms with Crippen molar-refractivity contribution in [3.8, 4) is 0 Å². The molecule has 0 aromatic rings. The largest absolute Gasteiger partial charge is 0.392 e. The molecule has 2 N–H and O–H groups in total. The van der Waals surface area contributed by atoms with Crippen molar-refractivity contribution in [1.82, 2.24) is 10.2 Å². The average molecular weight is 284 g/mol. The van der Waals surface area contributed by atoms with Gasteiger partial charge in [-0.2, -0.15) is 0 Å². The minimum atomic E-state index is -0.406. The summed E-state index contributed by atoms with van der Waals surface area (Å²) in [5, 5.41) is 13.3. The van der Waals surface area contributed by atoms with Gasteiger partial charge in [0.25, 0.3) is 0 Å². The van der Waals surface area contributed by atoms with Crippen molar-refractivity contribution in [2.75, 3.05) is 19.6 Å². The Hall–Kier alpha value is -0.610. The van der Waals surface area contributed by atoms with Gasteiger partial charge in [0.2, 0.25) is 5.91 Å². The fourth-order valence-corrected chi connectivity index (χ4v) is 3.11. The van der Waals surface area contributed by atoms with Crippen molar-refractivity contribution >= 4 is 5.91 Å². The highest BCUT2D eigenvalue weighted by Gasteiger charge is 2.33. The lowest BCUT2D eigenvalue weighted by Gasteiger charge is -2.36. The van der Waals surface area contributed by atoms with E-state index < -0.39 is 6.10 Å². The van der Waals surface area contributed by atoms with Crippen LogP contribution >= 0.6 is 0 Å². The van der Waals surface area contributed by atoms with Gasteiger partial charge in [0.15, 0.2) is 0 Å². The Bertz CT molecular complexity index is 316. The van der Waals surface area contributed by atoms with Crippen LogP contribution in [0.4, 0.5) is 0 Å². The van der Waals surface area contributed by atoms with E-state index in [1.54, 1.807) is 0 Å². The lowest BCUT2D eigenvalue weighted by molar-refractivity contribution is -0.128. The van der Waals surface area contributed by atoms with Crippen molar-refractivity contribution in [2.24, 2.45) is 11.3 Å². The number of piperidine rings is 1. The van der Waals surface area contributed by atoms with Gasteiger partial charge in [-0.1, -0.05) is 41.0 Å². The van der Waals surface area contributed by atoms with Crippen LogP contribution in [0.25, 0.3) is 0 Å². The second-order valence-electron chi connectivity index (χ2n) is 7.04. The Balaban J connectivity index is 2.53. The molecular weight excluding hydrogens is 252 g/mol. The molecular formula is C16H32N2O2. The molecule has 2 unspecified atom stereocenters. The zero-order valence-electron chi connectivity index (χ0n) is 13.8. The third kappa shape index (κ3) is 4.45. The van der Waals surface area contributed by atoms with E-state index in [9.17, 15) is 9.90 Å². The molecule has 1 saturated heterocycles. The first-order chi connectivity index (χ1) is 9.29. The standard InChI is InChI=1S/C16H32N2O2/c1-6-18-10-8-7-9-13(18)15(20)17-11-16(4,5)14(19)12(2)3/h12-14,19H,6-11H2,1-5H3,(H,17,20). The molecule has 1 fully saturated rings. The van der Waals surface area contributed by atoms with Crippen LogP contribution in [-0.2, 0) is 4.79 Å². The van der Waals surface area contributed by atoms with E-state index in [0.29, 0.717) is 6.54 Å². The molecule has 1 heterocycles. The molecule has 0 bridgehead atoms. The third-order valence-corrected chi connectivity index (χ3v) is 4.47. The van der Waals surface area contributed by atoms with Crippen molar-refractivity contribution < 1.29 is 9.90 Å². The maximum absolute atomic E-state index is 12.4. The van der Waals surface area contributed by atoms with E-state index >= 15 is 0 Å². The Morgan fingerprint density at radius 3 is 2.60 bits per heavy atom. The number of hydrogen-bond donors (Lipinski definition) is 2. The number of aliphatic hydroxyl groups excluding tert-OH is 1. The highest BCUT2D eigenvalue weighted by atomic mass is 16.3. The summed E-state index contributed by atoms with van der Waals surface area (Å²) in [7, 11) is 0. The molecule has 1 aliphatic rings. The van der Waals surface area contributed by atoms with Gasteiger partial charge in [0.1, 0.15) is 0 Å². The summed E-state index contributed by atoms with van der Waals surface area (Å²) < 4.78 is 0. The van der Waals surface area contributed by atoms with E-state index in [4.69, 9.17) is 0 Å². The second kappa shape index (κ2) is 7.41. The van der Waals surface area contributed by atoms with E-state index in [1.807, 2.05) is 27.7 Å². The number of carbonyl (C=O) groups is 1. The van der Waals surface area contributed by atoms with Crippen LogP contribution in [0.3, 0.4) is 0 Å². The number of likely N-dealkylation sites (tertiary alicyclic amines) is 1. The number of nitrogens with zero attached hydrogens (tertiary/aromatic N) is 1. The quantitative estimate of drug-likeness (QED) is 0.784. The van der Waals surface area contributed by atoms with Crippen molar-refractivity contribution in [1.29, 1.82) is 0 Å². The van der Waals surface area contributed by atoms with E-state index in [1.165, 1.54) is 6.42 Å². The minimum absolute atomic E-state index is 0.0146. The third-order valence-electron chi connectivity index (χ3n) is 4.47. The molecule has 2 atom stereocenters. The lowest BCUT2D eigenvalue weighted by atomic mass is 9.80. The fraction of sp³-hybridized carbons (Fsp3) is 0.938. The monoisotopic (exact) mass is 284 g/mol. The molecule has 0 aromatic heterocycles. The summed E-state index contributed by atoms with van der Waals surface area (Å²) >= 11 is 0. The first kappa shape index (κ1) is 17.4. The van der Waals surface area contributed by atoms with E-state index in [-0.39, 0.29) is 23.3 Å². The highest BCUT2D eigenvalue weighted by Crippen LogP contribution is 2.25. The molecule has 0 aromatic carbocycles. The van der Waals surface area contributed by atoms with Gasteiger partial charge >= 0.3 is 0 Å². The molecule has 1 amide bonds. The van der Waals surface area contributed by atoms with Crippen molar-refractivity contribution in [3.63, 3.8) is 0 Å². The Morgan fingerprint density at radius 1 is 1.40 bits per heavy atom. The van der Waals surface area contributed by atoms with E-state index in [0.717, 1.165) is 25.9 Å². The summed E-state index contributed by atoms with van der Waals surface area (Å²) in [4.78, 5) is 14.6. The SMILES string of the molecule is CCN1CCCCC1C(=O)NCC(C)(C)C(O)C(C)C. The van der Waals surface area contributed by atoms with Crippen LogP contribution in [0.2, 0.25) is 0 Å². The van der Waals surface area contributed by atoms with Crippen LogP contribution in [0.1, 0.15) is 53.9 Å². The number of nitrogens with one attached hydrogen (secondary N) is 1. The summed E-state index contributed by atoms with van der Waals surface area (Å²) in [6, 6.07) is 0.0146. The van der Waals surface area contributed by atoms with Gasteiger partial charge in [0.05, 0.1) is 12.1 Å². The summed E-state index contributed by atoms with van der Waals surface area (Å²) in [6.45, 7) is 12.6. The number of carbonyl (C=O) groups excluding carboxylic acids is 1. The molecule has 0 spiro atoms. The first-order valence-electron chi connectivity index (χ1n) is 7.99. The summed E-state index contributed by atoms with van der Waals surface area (Å²) in [5.41, 5.74) is -0.296. The van der Waals surface area contributed by atoms with Crippen LogP contribution in [-0.4, -0.2) is 47.7 Å². The van der Waals surface area contributed by atoms with Crippen LogP contribution in [0, 0.1) is 11.3 Å². The molecule has 4 heteroatoms. The van der Waals surface area contributed by atoms with Crippen LogP contribution in [0.5, 0.6) is 0 Å². The predicted octanol–water partition coefficient (Wildman–Crippen LogP) is 2.02. The molecule has 0 aliphatic carbocycles. The first-order valence-corrected chi connectivity index (χ1v) is 7.99. The lowest BCUT2D eigenvalue weighted by Crippen LogP contribution is -2.52.